The molecule has 0 atom stereocenters. The Hall–Kier alpha value is -4.10. The number of thiazole rings is 1. The minimum Gasteiger partial charge on any atom is -0.298 e. The van der Waals surface area contributed by atoms with Crippen LogP contribution in [0.2, 0.25) is 0 Å². The highest BCUT2D eigenvalue weighted by Gasteiger charge is 2.14. The summed E-state index contributed by atoms with van der Waals surface area (Å²) in [7, 11) is 0. The van der Waals surface area contributed by atoms with Crippen LogP contribution in [0.25, 0.3) is 28.5 Å². The van der Waals surface area contributed by atoms with E-state index in [2.05, 4.69) is 48.6 Å². The quantitative estimate of drug-likeness (QED) is 0.171. The van der Waals surface area contributed by atoms with Gasteiger partial charge in [0.2, 0.25) is 5.91 Å². The molecule has 1 heterocycles. The first kappa shape index (κ1) is 23.1. The van der Waals surface area contributed by atoms with Gasteiger partial charge in [-0.1, -0.05) is 67.9 Å². The molecular weight excluding hydrogens is 446 g/mol. The first-order valence-electron chi connectivity index (χ1n) is 10.9. The SMILES string of the molecule is CCCc1sc(NC(=O)C=Cc2ccc([N+](=O)[O-])cc2)nc1-c1ccc(-c2ccccc2)cc1. The summed E-state index contributed by atoms with van der Waals surface area (Å²) in [6.45, 7) is 2.12. The molecule has 34 heavy (non-hydrogen) atoms. The summed E-state index contributed by atoms with van der Waals surface area (Å²) in [6, 6.07) is 24.5. The molecule has 1 amide bonds. The summed E-state index contributed by atoms with van der Waals surface area (Å²) in [5.74, 6) is -0.305. The number of hydrogen-bond acceptors (Lipinski definition) is 5. The average molecular weight is 470 g/mol. The Bertz CT molecular complexity index is 1310. The number of non-ortho nitro benzene ring substituents is 1. The molecule has 0 spiro atoms. The predicted molar refractivity (Wildman–Crippen MR) is 138 cm³/mol. The molecule has 7 heteroatoms. The van der Waals surface area contributed by atoms with Gasteiger partial charge in [-0.05, 0) is 41.3 Å². The zero-order valence-electron chi connectivity index (χ0n) is 18.6. The van der Waals surface area contributed by atoms with Gasteiger partial charge in [0.05, 0.1) is 10.6 Å². The fourth-order valence-electron chi connectivity index (χ4n) is 3.50. The van der Waals surface area contributed by atoms with Crippen molar-refractivity contribution in [1.29, 1.82) is 0 Å². The number of nitro benzene ring substituents is 1. The molecule has 3 aromatic carbocycles. The highest BCUT2D eigenvalue weighted by atomic mass is 32.1. The van der Waals surface area contributed by atoms with E-state index in [1.165, 1.54) is 29.5 Å². The number of anilines is 1. The lowest BCUT2D eigenvalue weighted by atomic mass is 10.0. The smallest absolute Gasteiger partial charge is 0.269 e. The fourth-order valence-corrected chi connectivity index (χ4v) is 4.59. The van der Waals surface area contributed by atoms with Crippen molar-refractivity contribution in [1.82, 2.24) is 4.98 Å². The molecule has 6 nitrogen and oxygen atoms in total. The van der Waals surface area contributed by atoms with E-state index >= 15 is 0 Å². The van der Waals surface area contributed by atoms with Crippen LogP contribution < -0.4 is 5.32 Å². The van der Waals surface area contributed by atoms with Crippen molar-refractivity contribution in [3.63, 3.8) is 0 Å². The Morgan fingerprint density at radius 3 is 2.26 bits per heavy atom. The topological polar surface area (TPSA) is 85.1 Å². The molecule has 4 aromatic rings. The fraction of sp³-hybridized carbons (Fsp3) is 0.111. The van der Waals surface area contributed by atoms with Crippen molar-refractivity contribution in [3.05, 3.63) is 105 Å². The van der Waals surface area contributed by atoms with E-state index in [0.717, 1.165) is 40.1 Å². The number of carbonyl (C=O) groups excluding carboxylic acids is 1. The van der Waals surface area contributed by atoms with Gasteiger partial charge in [0.15, 0.2) is 5.13 Å². The summed E-state index contributed by atoms with van der Waals surface area (Å²) in [6.07, 6.45) is 4.87. The van der Waals surface area contributed by atoms with Crippen molar-refractivity contribution >= 4 is 34.1 Å². The molecule has 0 saturated carbocycles. The molecule has 0 saturated heterocycles. The Kier molecular flexibility index (Phi) is 7.25. The second kappa shape index (κ2) is 10.7. The molecule has 0 aliphatic rings. The zero-order chi connectivity index (χ0) is 23.9. The van der Waals surface area contributed by atoms with Crippen molar-refractivity contribution < 1.29 is 9.72 Å². The number of aromatic nitrogens is 1. The molecule has 0 unspecified atom stereocenters. The number of amides is 1. The van der Waals surface area contributed by atoms with Crippen LogP contribution in [0.4, 0.5) is 10.8 Å². The number of hydrogen-bond donors (Lipinski definition) is 1. The van der Waals surface area contributed by atoms with Crippen LogP contribution in [0.5, 0.6) is 0 Å². The first-order chi connectivity index (χ1) is 16.5. The lowest BCUT2D eigenvalue weighted by Gasteiger charge is -2.04. The van der Waals surface area contributed by atoms with Crippen LogP contribution in [0, 0.1) is 10.1 Å². The molecule has 0 fully saturated rings. The van der Waals surface area contributed by atoms with Crippen LogP contribution >= 0.6 is 11.3 Å². The van der Waals surface area contributed by atoms with E-state index in [1.807, 2.05) is 18.2 Å². The van der Waals surface area contributed by atoms with Crippen LogP contribution in [-0.4, -0.2) is 15.8 Å². The highest BCUT2D eigenvalue weighted by Crippen LogP contribution is 2.33. The van der Waals surface area contributed by atoms with E-state index in [9.17, 15) is 14.9 Å². The molecule has 0 aliphatic carbocycles. The Balaban J connectivity index is 1.49. The van der Waals surface area contributed by atoms with E-state index in [0.29, 0.717) is 10.7 Å². The maximum Gasteiger partial charge on any atom is 0.269 e. The van der Waals surface area contributed by atoms with Crippen LogP contribution in [0.1, 0.15) is 23.8 Å². The molecule has 0 radical (unpaired) electrons. The summed E-state index contributed by atoms with van der Waals surface area (Å²) < 4.78 is 0. The first-order valence-corrected chi connectivity index (χ1v) is 11.7. The summed E-state index contributed by atoms with van der Waals surface area (Å²) >= 11 is 1.48. The second-order valence-corrected chi connectivity index (χ2v) is 8.74. The molecule has 1 aromatic heterocycles. The predicted octanol–water partition coefficient (Wildman–Crippen LogP) is 6.99. The third kappa shape index (κ3) is 5.63. The van der Waals surface area contributed by atoms with Gasteiger partial charge in [0.25, 0.3) is 5.69 Å². The van der Waals surface area contributed by atoms with E-state index < -0.39 is 4.92 Å². The van der Waals surface area contributed by atoms with Gasteiger partial charge in [-0.25, -0.2) is 4.98 Å². The molecule has 0 bridgehead atoms. The summed E-state index contributed by atoms with van der Waals surface area (Å²) in [5, 5.41) is 14.1. The second-order valence-electron chi connectivity index (χ2n) is 7.66. The zero-order valence-corrected chi connectivity index (χ0v) is 19.4. The minimum atomic E-state index is -0.455. The molecule has 4 rings (SSSR count). The average Bonchev–Trinajstić information content (AvgIpc) is 3.26. The Morgan fingerprint density at radius 2 is 1.62 bits per heavy atom. The largest absolute Gasteiger partial charge is 0.298 e. The molecular formula is C27H23N3O3S. The lowest BCUT2D eigenvalue weighted by molar-refractivity contribution is -0.384. The van der Waals surface area contributed by atoms with Crippen molar-refractivity contribution in [2.75, 3.05) is 5.32 Å². The van der Waals surface area contributed by atoms with Gasteiger partial charge >= 0.3 is 0 Å². The Morgan fingerprint density at radius 1 is 0.971 bits per heavy atom. The third-order valence-corrected chi connectivity index (χ3v) is 6.23. The van der Waals surface area contributed by atoms with Gasteiger partial charge in [0, 0.05) is 28.6 Å². The van der Waals surface area contributed by atoms with Crippen molar-refractivity contribution in [2.24, 2.45) is 0 Å². The van der Waals surface area contributed by atoms with Gasteiger partial charge in [-0.3, -0.25) is 20.2 Å². The monoisotopic (exact) mass is 469 g/mol. The number of nitrogens with one attached hydrogen (secondary N) is 1. The summed E-state index contributed by atoms with van der Waals surface area (Å²) in [5.41, 5.74) is 4.92. The lowest BCUT2D eigenvalue weighted by Crippen LogP contribution is -2.07. The number of aryl methyl sites for hydroxylation is 1. The normalized spacial score (nSPS) is 11.0. The van der Waals surface area contributed by atoms with E-state index in [4.69, 9.17) is 4.98 Å². The Labute approximate surface area is 201 Å². The van der Waals surface area contributed by atoms with Crippen molar-refractivity contribution in [3.8, 4) is 22.4 Å². The van der Waals surface area contributed by atoms with Gasteiger partial charge in [0.1, 0.15) is 0 Å². The number of nitro groups is 1. The van der Waals surface area contributed by atoms with Gasteiger partial charge in [-0.2, -0.15) is 0 Å². The molecule has 0 aliphatic heterocycles. The molecule has 1 N–H and O–H groups in total. The standard InChI is InChI=1S/C27H23N3O3S/c1-2-6-24-26(22-14-12-21(13-15-22)20-7-4-3-5-8-20)29-27(34-24)28-25(31)18-11-19-9-16-23(17-10-19)30(32)33/h3-5,7-18H,2,6H2,1H3,(H,28,29,31). The third-order valence-electron chi connectivity index (χ3n) is 5.20. The highest BCUT2D eigenvalue weighted by molar-refractivity contribution is 7.16. The van der Waals surface area contributed by atoms with Crippen LogP contribution in [0.15, 0.2) is 84.9 Å². The van der Waals surface area contributed by atoms with Crippen LogP contribution in [0.3, 0.4) is 0 Å². The number of nitrogens with zero attached hydrogens (tertiary/aromatic N) is 2. The van der Waals surface area contributed by atoms with E-state index in [-0.39, 0.29) is 11.6 Å². The van der Waals surface area contributed by atoms with Gasteiger partial charge in [-0.15, -0.1) is 11.3 Å². The molecule has 170 valence electrons. The number of carbonyl (C=O) groups is 1. The number of benzene rings is 3. The van der Waals surface area contributed by atoms with Crippen molar-refractivity contribution in [2.45, 2.75) is 19.8 Å². The van der Waals surface area contributed by atoms with Crippen LogP contribution in [-0.2, 0) is 11.2 Å². The maximum absolute atomic E-state index is 12.4. The maximum atomic E-state index is 12.4. The van der Waals surface area contributed by atoms with Gasteiger partial charge < -0.3 is 0 Å². The summed E-state index contributed by atoms with van der Waals surface area (Å²) in [4.78, 5) is 28.6. The number of rotatable bonds is 8. The van der Waals surface area contributed by atoms with E-state index in [1.54, 1.807) is 18.2 Å². The minimum absolute atomic E-state index is 0.0113.